The number of carbonyl (C=O) groups excluding carboxylic acids is 1. The summed E-state index contributed by atoms with van der Waals surface area (Å²) in [6.07, 6.45) is 6.48. The molecule has 0 bridgehead atoms. The molecule has 0 aliphatic carbocycles. The van der Waals surface area contributed by atoms with E-state index in [1.165, 1.54) is 0 Å². The highest BCUT2D eigenvalue weighted by Crippen LogP contribution is 2.12. The second-order valence-electron chi connectivity index (χ2n) is 6.92. The minimum absolute atomic E-state index is 0.0296. The van der Waals surface area contributed by atoms with Crippen LogP contribution in [0, 0.1) is 0 Å². The molecule has 154 valence electrons. The van der Waals surface area contributed by atoms with Crippen LogP contribution in [0.15, 0.2) is 47.7 Å². The number of fused-ring (bicyclic) bond motifs is 1. The van der Waals surface area contributed by atoms with Crippen molar-refractivity contribution in [2.75, 3.05) is 18.5 Å². The number of esters is 1. The number of carbonyl (C=O) groups is 1. The average molecular weight is 396 g/mol. The Bertz CT molecular complexity index is 1010. The van der Waals surface area contributed by atoms with Gasteiger partial charge >= 0.3 is 5.97 Å². The van der Waals surface area contributed by atoms with Gasteiger partial charge in [-0.2, -0.15) is 0 Å². The first-order valence-electron chi connectivity index (χ1n) is 10.2. The van der Waals surface area contributed by atoms with E-state index in [4.69, 9.17) is 4.74 Å². The third kappa shape index (κ3) is 5.04. The lowest BCUT2D eigenvalue weighted by atomic mass is 10.2. The number of unbranched alkanes of at least 4 members (excludes halogenated alkanes) is 1. The van der Waals surface area contributed by atoms with Crippen LogP contribution in [-0.4, -0.2) is 33.2 Å². The number of aryl methyl sites for hydroxylation is 2. The maximum atomic E-state index is 12.5. The average Bonchev–Trinajstić information content (AvgIpc) is 3.15. The maximum Gasteiger partial charge on any atom is 0.338 e. The van der Waals surface area contributed by atoms with E-state index in [1.807, 2.05) is 29.0 Å². The zero-order valence-electron chi connectivity index (χ0n) is 17.1. The monoisotopic (exact) mass is 396 g/mol. The van der Waals surface area contributed by atoms with E-state index in [-0.39, 0.29) is 11.5 Å². The van der Waals surface area contributed by atoms with Gasteiger partial charge in [0, 0.05) is 31.5 Å². The second kappa shape index (κ2) is 9.91. The van der Waals surface area contributed by atoms with Crippen LogP contribution in [0.4, 0.5) is 5.69 Å². The molecular weight excluding hydrogens is 368 g/mol. The summed E-state index contributed by atoms with van der Waals surface area (Å²) in [6, 6.07) is 9.12. The molecule has 0 fully saturated rings. The van der Waals surface area contributed by atoms with Crippen molar-refractivity contribution in [3.8, 4) is 0 Å². The molecule has 1 aromatic carbocycles. The van der Waals surface area contributed by atoms with E-state index < -0.39 is 0 Å². The highest BCUT2D eigenvalue weighted by Gasteiger charge is 2.09. The van der Waals surface area contributed by atoms with Gasteiger partial charge in [0.15, 0.2) is 0 Å². The van der Waals surface area contributed by atoms with Crippen LogP contribution in [0.3, 0.4) is 0 Å². The van der Waals surface area contributed by atoms with Crippen molar-refractivity contribution in [2.45, 2.75) is 46.2 Å². The van der Waals surface area contributed by atoms with Gasteiger partial charge in [-0.15, -0.1) is 0 Å². The Kier molecular flexibility index (Phi) is 7.05. The number of nitrogens with one attached hydrogen (secondary N) is 1. The number of hydrogen-bond acceptors (Lipinski definition) is 5. The molecule has 0 aliphatic rings. The normalized spacial score (nSPS) is 11.0. The van der Waals surface area contributed by atoms with Crippen molar-refractivity contribution >= 4 is 22.7 Å². The third-order valence-corrected chi connectivity index (χ3v) is 4.80. The van der Waals surface area contributed by atoms with Crippen molar-refractivity contribution in [1.29, 1.82) is 0 Å². The van der Waals surface area contributed by atoms with Crippen molar-refractivity contribution in [3.05, 3.63) is 58.8 Å². The molecule has 0 aliphatic heterocycles. The largest absolute Gasteiger partial charge is 0.462 e. The number of anilines is 1. The molecule has 29 heavy (non-hydrogen) atoms. The van der Waals surface area contributed by atoms with Gasteiger partial charge in [-0.25, -0.2) is 9.78 Å². The summed E-state index contributed by atoms with van der Waals surface area (Å²) in [5.74, 6) is -0.306. The van der Waals surface area contributed by atoms with Crippen LogP contribution in [0.5, 0.6) is 0 Å². The molecule has 0 atom stereocenters. The molecule has 0 spiro atoms. The molecular formula is C22H28N4O3. The highest BCUT2D eigenvalue weighted by molar-refractivity contribution is 5.89. The van der Waals surface area contributed by atoms with Gasteiger partial charge in [0.05, 0.1) is 23.9 Å². The topological polar surface area (TPSA) is 78.2 Å². The lowest BCUT2D eigenvalue weighted by Crippen LogP contribution is -2.20. The Morgan fingerprint density at radius 3 is 2.55 bits per heavy atom. The first kappa shape index (κ1) is 20.6. The van der Waals surface area contributed by atoms with Gasteiger partial charge in [-0.3, -0.25) is 9.36 Å². The predicted molar refractivity (Wildman–Crippen MR) is 114 cm³/mol. The number of aromatic nitrogens is 3. The zero-order chi connectivity index (χ0) is 20.6. The van der Waals surface area contributed by atoms with E-state index in [0.29, 0.717) is 24.1 Å². The van der Waals surface area contributed by atoms with Crippen molar-refractivity contribution < 1.29 is 9.53 Å². The van der Waals surface area contributed by atoms with Gasteiger partial charge in [0.25, 0.3) is 5.56 Å². The quantitative estimate of drug-likeness (QED) is 0.418. The molecule has 7 nitrogen and oxygen atoms in total. The number of nitrogens with zero attached hydrogens (tertiary/aromatic N) is 3. The first-order chi connectivity index (χ1) is 14.1. The fraction of sp³-hybridized carbons (Fsp3) is 0.409. The minimum atomic E-state index is -0.306. The summed E-state index contributed by atoms with van der Waals surface area (Å²) in [5, 5.41) is 4.02. The Morgan fingerprint density at radius 2 is 1.83 bits per heavy atom. The van der Waals surface area contributed by atoms with E-state index >= 15 is 0 Å². The number of benzene rings is 1. The highest BCUT2D eigenvalue weighted by atomic mass is 16.5. The fourth-order valence-corrected chi connectivity index (χ4v) is 3.20. The second-order valence-corrected chi connectivity index (χ2v) is 6.92. The van der Waals surface area contributed by atoms with Crippen LogP contribution in [0.1, 0.15) is 43.5 Å². The summed E-state index contributed by atoms with van der Waals surface area (Å²) in [6.45, 7) is 6.52. The molecule has 2 heterocycles. The van der Waals surface area contributed by atoms with E-state index in [9.17, 15) is 9.59 Å². The van der Waals surface area contributed by atoms with Crippen LogP contribution in [0.2, 0.25) is 0 Å². The molecule has 0 saturated heterocycles. The maximum absolute atomic E-state index is 12.5. The van der Waals surface area contributed by atoms with Crippen LogP contribution < -0.4 is 10.9 Å². The fourth-order valence-electron chi connectivity index (χ4n) is 3.20. The van der Waals surface area contributed by atoms with Crippen LogP contribution >= 0.6 is 0 Å². The smallest absolute Gasteiger partial charge is 0.338 e. The Labute approximate surface area is 170 Å². The van der Waals surface area contributed by atoms with Gasteiger partial charge in [0.1, 0.15) is 5.65 Å². The molecule has 0 radical (unpaired) electrons. The van der Waals surface area contributed by atoms with E-state index in [1.54, 1.807) is 30.0 Å². The van der Waals surface area contributed by atoms with Gasteiger partial charge < -0.3 is 14.6 Å². The molecule has 1 N–H and O–H groups in total. The van der Waals surface area contributed by atoms with Crippen LogP contribution in [-0.2, 0) is 17.8 Å². The summed E-state index contributed by atoms with van der Waals surface area (Å²) in [5.41, 5.74) is 2.27. The Hall–Kier alpha value is -3.09. The molecule has 3 rings (SSSR count). The van der Waals surface area contributed by atoms with Crippen molar-refractivity contribution in [1.82, 2.24) is 14.1 Å². The van der Waals surface area contributed by atoms with Gasteiger partial charge in [-0.1, -0.05) is 13.3 Å². The SMILES string of the molecule is CCCCn1cnc2c(ccn2CCCNc2ccc(C(=O)OCC)cc2)c1=O. The van der Waals surface area contributed by atoms with Crippen LogP contribution in [0.25, 0.3) is 11.0 Å². The molecule has 0 saturated carbocycles. The molecule has 3 aromatic rings. The zero-order valence-corrected chi connectivity index (χ0v) is 17.1. The standard InChI is InChI=1S/C22H28N4O3/c1-3-5-13-26-16-24-20-19(21(26)27)11-15-25(20)14-6-12-23-18-9-7-17(8-10-18)22(28)29-4-2/h7-11,15-16,23H,3-6,12-14H2,1-2H3. The minimum Gasteiger partial charge on any atom is -0.462 e. The Balaban J connectivity index is 1.54. The van der Waals surface area contributed by atoms with Crippen molar-refractivity contribution in [3.63, 3.8) is 0 Å². The van der Waals surface area contributed by atoms with E-state index in [2.05, 4.69) is 17.2 Å². The summed E-state index contributed by atoms with van der Waals surface area (Å²) in [7, 11) is 0. The molecule has 0 unspecified atom stereocenters. The summed E-state index contributed by atoms with van der Waals surface area (Å²) < 4.78 is 8.70. The molecule has 7 heteroatoms. The predicted octanol–water partition coefficient (Wildman–Crippen LogP) is 3.68. The van der Waals surface area contributed by atoms with Crippen molar-refractivity contribution in [2.24, 2.45) is 0 Å². The van der Waals surface area contributed by atoms with E-state index in [0.717, 1.165) is 43.7 Å². The lowest BCUT2D eigenvalue weighted by molar-refractivity contribution is 0.0526. The van der Waals surface area contributed by atoms with Gasteiger partial charge in [-0.05, 0) is 50.1 Å². The number of hydrogen-bond donors (Lipinski definition) is 1. The lowest BCUT2D eigenvalue weighted by Gasteiger charge is -2.09. The van der Waals surface area contributed by atoms with Gasteiger partial charge in [0.2, 0.25) is 0 Å². The molecule has 0 amide bonds. The summed E-state index contributed by atoms with van der Waals surface area (Å²) in [4.78, 5) is 28.7. The number of ether oxygens (including phenoxy) is 1. The number of rotatable bonds is 10. The third-order valence-electron chi connectivity index (χ3n) is 4.80. The summed E-state index contributed by atoms with van der Waals surface area (Å²) >= 11 is 0. The Morgan fingerprint density at radius 1 is 1.07 bits per heavy atom. The first-order valence-corrected chi connectivity index (χ1v) is 10.2. The molecule has 2 aromatic heterocycles.